The van der Waals surface area contributed by atoms with Crippen molar-refractivity contribution in [3.8, 4) is 5.75 Å². The van der Waals surface area contributed by atoms with E-state index in [4.69, 9.17) is 10.5 Å². The van der Waals surface area contributed by atoms with Crippen LogP contribution in [0, 0.1) is 11.3 Å². The monoisotopic (exact) mass is 346 g/mol. The van der Waals surface area contributed by atoms with Crippen LogP contribution in [-0.2, 0) is 9.59 Å². The van der Waals surface area contributed by atoms with E-state index in [1.54, 1.807) is 38.3 Å². The molecule has 0 bridgehead atoms. The Balaban J connectivity index is 2.72. The standard InChI is InChI=1S/C20H30N2O3/c1-14(21)18(23)12-15(13-20(2,3)4)6-11-19(24)22-16-7-9-17(25-5)10-8-16/h6-11,14-15H,12-13,21H2,1-5H3,(H,22,24)/b11-6+/t14-,15-/m0/s1. The van der Waals surface area contributed by atoms with Crippen LogP contribution in [0.15, 0.2) is 36.4 Å². The van der Waals surface area contributed by atoms with Gasteiger partial charge in [-0.1, -0.05) is 26.8 Å². The van der Waals surface area contributed by atoms with Crippen molar-refractivity contribution >= 4 is 17.4 Å². The number of ether oxygens (including phenoxy) is 1. The second-order valence-electron chi connectivity index (χ2n) is 7.56. The number of hydrogen-bond donors (Lipinski definition) is 2. The van der Waals surface area contributed by atoms with E-state index in [-0.39, 0.29) is 23.0 Å². The molecule has 0 heterocycles. The lowest BCUT2D eigenvalue weighted by atomic mass is 9.82. The molecule has 0 fully saturated rings. The van der Waals surface area contributed by atoms with E-state index in [0.29, 0.717) is 12.1 Å². The summed E-state index contributed by atoms with van der Waals surface area (Å²) in [5.74, 6) is 0.500. The van der Waals surface area contributed by atoms with Crippen LogP contribution < -0.4 is 15.8 Å². The summed E-state index contributed by atoms with van der Waals surface area (Å²) in [6.07, 6.45) is 4.46. The average molecular weight is 346 g/mol. The van der Waals surface area contributed by atoms with Crippen molar-refractivity contribution in [2.75, 3.05) is 12.4 Å². The number of benzene rings is 1. The fourth-order valence-corrected chi connectivity index (χ4v) is 2.52. The minimum absolute atomic E-state index is 0.00876. The molecule has 5 nitrogen and oxygen atoms in total. The highest BCUT2D eigenvalue weighted by molar-refractivity contribution is 5.99. The maximum atomic E-state index is 12.1. The number of Topliss-reactive ketones (excluding diaryl/α,β-unsaturated/α-hetero) is 1. The molecule has 3 N–H and O–H groups in total. The average Bonchev–Trinajstić information content (AvgIpc) is 2.51. The van der Waals surface area contributed by atoms with Gasteiger partial charge in [-0.15, -0.1) is 0 Å². The number of hydrogen-bond acceptors (Lipinski definition) is 4. The molecule has 0 unspecified atom stereocenters. The SMILES string of the molecule is COc1ccc(NC(=O)/C=C/[C@@H](CC(=O)[C@H](C)N)CC(C)(C)C)cc1. The Hall–Kier alpha value is -2.14. The number of anilines is 1. The molecule has 1 amide bonds. The largest absolute Gasteiger partial charge is 0.497 e. The zero-order valence-electron chi connectivity index (χ0n) is 15.8. The van der Waals surface area contributed by atoms with E-state index < -0.39 is 6.04 Å². The normalized spacial score (nSPS) is 14.2. The van der Waals surface area contributed by atoms with Crippen LogP contribution in [0.4, 0.5) is 5.69 Å². The molecule has 2 atom stereocenters. The van der Waals surface area contributed by atoms with E-state index in [1.165, 1.54) is 6.08 Å². The first-order valence-electron chi connectivity index (χ1n) is 8.52. The summed E-state index contributed by atoms with van der Waals surface area (Å²) in [7, 11) is 1.59. The number of rotatable bonds is 8. The molecule has 1 aromatic rings. The zero-order chi connectivity index (χ0) is 19.0. The summed E-state index contributed by atoms with van der Waals surface area (Å²) in [6.45, 7) is 8.03. The van der Waals surface area contributed by atoms with Gasteiger partial charge >= 0.3 is 0 Å². The Morgan fingerprint density at radius 2 is 1.84 bits per heavy atom. The molecule has 138 valence electrons. The van der Waals surface area contributed by atoms with E-state index in [2.05, 4.69) is 26.1 Å². The van der Waals surface area contributed by atoms with Crippen LogP contribution in [0.25, 0.3) is 0 Å². The van der Waals surface area contributed by atoms with Gasteiger partial charge in [-0.3, -0.25) is 9.59 Å². The lowest BCUT2D eigenvalue weighted by Crippen LogP contribution is -2.29. The van der Waals surface area contributed by atoms with Crippen LogP contribution in [0.1, 0.15) is 40.5 Å². The molecule has 0 aliphatic carbocycles. The summed E-state index contributed by atoms with van der Waals surface area (Å²) in [5, 5.41) is 2.80. The predicted molar refractivity (Wildman–Crippen MR) is 102 cm³/mol. The summed E-state index contributed by atoms with van der Waals surface area (Å²) in [5.41, 5.74) is 6.41. The summed E-state index contributed by atoms with van der Waals surface area (Å²) in [6, 6.07) is 6.63. The van der Waals surface area contributed by atoms with Crippen LogP contribution in [0.3, 0.4) is 0 Å². The van der Waals surface area contributed by atoms with Gasteiger partial charge in [-0.25, -0.2) is 0 Å². The van der Waals surface area contributed by atoms with Gasteiger partial charge in [0.1, 0.15) is 11.5 Å². The number of carbonyl (C=O) groups is 2. The second kappa shape index (κ2) is 9.37. The van der Waals surface area contributed by atoms with Gasteiger partial charge in [0.25, 0.3) is 0 Å². The number of methoxy groups -OCH3 is 1. The summed E-state index contributed by atoms with van der Waals surface area (Å²) in [4.78, 5) is 24.1. The molecule has 1 rings (SSSR count). The molecule has 0 aliphatic heterocycles. The van der Waals surface area contributed by atoms with Crippen LogP contribution in [0.2, 0.25) is 0 Å². The molecule has 0 spiro atoms. The molecule has 0 radical (unpaired) electrons. The van der Waals surface area contributed by atoms with Gasteiger partial charge in [-0.05, 0) is 55.0 Å². The summed E-state index contributed by atoms with van der Waals surface area (Å²) < 4.78 is 5.09. The van der Waals surface area contributed by atoms with Gasteiger partial charge in [-0.2, -0.15) is 0 Å². The third-order valence-corrected chi connectivity index (χ3v) is 3.72. The molecular weight excluding hydrogens is 316 g/mol. The van der Waals surface area contributed by atoms with Crippen LogP contribution in [-0.4, -0.2) is 24.8 Å². The number of ketones is 1. The van der Waals surface area contributed by atoms with Crippen molar-refractivity contribution in [1.82, 2.24) is 0 Å². The summed E-state index contributed by atoms with van der Waals surface area (Å²) >= 11 is 0. The Morgan fingerprint density at radius 1 is 1.24 bits per heavy atom. The van der Waals surface area contributed by atoms with Crippen molar-refractivity contribution in [2.45, 2.75) is 46.6 Å². The molecule has 5 heteroatoms. The molecule has 0 saturated heterocycles. The number of nitrogens with one attached hydrogen (secondary N) is 1. The maximum absolute atomic E-state index is 12.1. The highest BCUT2D eigenvalue weighted by Crippen LogP contribution is 2.27. The number of amides is 1. The molecule has 0 aliphatic rings. The quantitative estimate of drug-likeness (QED) is 0.705. The van der Waals surface area contributed by atoms with Crippen LogP contribution >= 0.6 is 0 Å². The fourth-order valence-electron chi connectivity index (χ4n) is 2.52. The fraction of sp³-hybridized carbons (Fsp3) is 0.500. The number of nitrogens with two attached hydrogens (primary N) is 1. The first-order valence-corrected chi connectivity index (χ1v) is 8.52. The minimum atomic E-state index is -0.482. The zero-order valence-corrected chi connectivity index (χ0v) is 15.8. The van der Waals surface area contributed by atoms with E-state index in [0.717, 1.165) is 12.2 Å². The smallest absolute Gasteiger partial charge is 0.248 e. The molecule has 0 aromatic heterocycles. The van der Waals surface area contributed by atoms with E-state index in [1.807, 2.05) is 6.08 Å². The van der Waals surface area contributed by atoms with Gasteiger partial charge in [0, 0.05) is 12.1 Å². The van der Waals surface area contributed by atoms with Crippen molar-refractivity contribution in [3.05, 3.63) is 36.4 Å². The molecule has 25 heavy (non-hydrogen) atoms. The van der Waals surface area contributed by atoms with Crippen molar-refractivity contribution in [3.63, 3.8) is 0 Å². The Bertz CT molecular complexity index is 598. The lowest BCUT2D eigenvalue weighted by molar-refractivity contribution is -0.120. The van der Waals surface area contributed by atoms with Gasteiger partial charge in [0.15, 0.2) is 0 Å². The topological polar surface area (TPSA) is 81.4 Å². The predicted octanol–water partition coefficient (Wildman–Crippen LogP) is 3.55. The molecule has 1 aromatic carbocycles. The Kier molecular flexibility index (Phi) is 7.84. The second-order valence-corrected chi connectivity index (χ2v) is 7.56. The van der Waals surface area contributed by atoms with Gasteiger partial charge < -0.3 is 15.8 Å². The number of allylic oxidation sites excluding steroid dienone is 1. The van der Waals surface area contributed by atoms with Crippen molar-refractivity contribution in [2.24, 2.45) is 17.1 Å². The third kappa shape index (κ3) is 8.49. The lowest BCUT2D eigenvalue weighted by Gasteiger charge is -2.24. The molecular formula is C20H30N2O3. The van der Waals surface area contributed by atoms with Crippen LogP contribution in [0.5, 0.6) is 5.75 Å². The van der Waals surface area contributed by atoms with Gasteiger partial charge in [0.05, 0.1) is 13.2 Å². The third-order valence-electron chi connectivity index (χ3n) is 3.72. The Labute approximate surface area is 150 Å². The Morgan fingerprint density at radius 3 is 2.32 bits per heavy atom. The van der Waals surface area contributed by atoms with Gasteiger partial charge in [0.2, 0.25) is 5.91 Å². The minimum Gasteiger partial charge on any atom is -0.497 e. The highest BCUT2D eigenvalue weighted by atomic mass is 16.5. The first-order chi connectivity index (χ1) is 11.6. The van der Waals surface area contributed by atoms with E-state index >= 15 is 0 Å². The first kappa shape index (κ1) is 20.9. The molecule has 0 saturated carbocycles. The van der Waals surface area contributed by atoms with E-state index in [9.17, 15) is 9.59 Å². The van der Waals surface area contributed by atoms with Crippen molar-refractivity contribution in [1.29, 1.82) is 0 Å². The number of carbonyl (C=O) groups excluding carboxylic acids is 2. The maximum Gasteiger partial charge on any atom is 0.248 e. The van der Waals surface area contributed by atoms with Crippen molar-refractivity contribution < 1.29 is 14.3 Å². The highest BCUT2D eigenvalue weighted by Gasteiger charge is 2.21.